The van der Waals surface area contributed by atoms with Gasteiger partial charge >= 0.3 is 5.97 Å². The fraction of sp³-hybridized carbons (Fsp3) is 0.345. The van der Waals surface area contributed by atoms with Crippen molar-refractivity contribution in [3.8, 4) is 17.2 Å². The van der Waals surface area contributed by atoms with E-state index in [0.717, 1.165) is 11.3 Å². The van der Waals surface area contributed by atoms with Gasteiger partial charge in [0.1, 0.15) is 11.8 Å². The smallest absolute Gasteiger partial charge is 0.338 e. The number of hydrogen-bond donors (Lipinski definition) is 0. The van der Waals surface area contributed by atoms with E-state index in [1.165, 1.54) is 23.0 Å². The third kappa shape index (κ3) is 5.38. The summed E-state index contributed by atoms with van der Waals surface area (Å²) >= 11 is 1.27. The number of carbonyl (C=O) groups is 1. The minimum Gasteiger partial charge on any atom is -0.493 e. The van der Waals surface area contributed by atoms with Gasteiger partial charge in [-0.05, 0) is 49.6 Å². The van der Waals surface area contributed by atoms with Crippen molar-refractivity contribution in [2.24, 2.45) is 10.9 Å². The van der Waals surface area contributed by atoms with Crippen LogP contribution in [0.3, 0.4) is 0 Å². The summed E-state index contributed by atoms with van der Waals surface area (Å²) in [5, 5.41) is 0. The Labute approximate surface area is 225 Å². The second-order valence-electron chi connectivity index (χ2n) is 9.16. The van der Waals surface area contributed by atoms with Gasteiger partial charge in [-0.2, -0.15) is 0 Å². The topological polar surface area (TPSA) is 88.4 Å². The lowest BCUT2D eigenvalue weighted by atomic mass is 9.94. The Bertz CT molecular complexity index is 1530. The van der Waals surface area contributed by atoms with E-state index < -0.39 is 12.0 Å². The highest BCUT2D eigenvalue weighted by atomic mass is 32.1. The molecular weight excluding hydrogens is 504 g/mol. The average Bonchev–Trinajstić information content (AvgIpc) is 3.20. The van der Waals surface area contributed by atoms with Crippen LogP contribution in [-0.2, 0) is 9.53 Å². The monoisotopic (exact) mass is 536 g/mol. The van der Waals surface area contributed by atoms with E-state index in [1.807, 2.05) is 36.4 Å². The van der Waals surface area contributed by atoms with Gasteiger partial charge in [-0.3, -0.25) is 9.36 Å². The quantitative estimate of drug-likeness (QED) is 0.386. The number of nitrogens with zero attached hydrogens (tertiary/aromatic N) is 2. The minimum absolute atomic E-state index is 0.193. The highest BCUT2D eigenvalue weighted by molar-refractivity contribution is 7.07. The van der Waals surface area contributed by atoms with E-state index in [9.17, 15) is 9.59 Å². The number of hydrogen-bond acceptors (Lipinski definition) is 8. The highest BCUT2D eigenvalue weighted by Gasteiger charge is 2.35. The molecule has 4 rings (SSSR count). The lowest BCUT2D eigenvalue weighted by molar-refractivity contribution is -0.139. The van der Waals surface area contributed by atoms with Crippen LogP contribution in [0.5, 0.6) is 17.2 Å². The predicted octanol–water partition coefficient (Wildman–Crippen LogP) is 3.85. The number of fused-ring (bicyclic) bond motifs is 1. The van der Waals surface area contributed by atoms with Gasteiger partial charge in [-0.15, -0.1) is 0 Å². The molecule has 3 aromatic rings. The molecule has 1 atom stereocenters. The normalized spacial score (nSPS) is 15.2. The molecule has 0 bridgehead atoms. The molecule has 38 heavy (non-hydrogen) atoms. The van der Waals surface area contributed by atoms with E-state index in [-0.39, 0.29) is 17.7 Å². The minimum atomic E-state index is -0.802. The maximum atomic E-state index is 13.8. The van der Waals surface area contributed by atoms with Crippen LogP contribution in [-0.4, -0.2) is 38.0 Å². The maximum absolute atomic E-state index is 13.8. The predicted molar refractivity (Wildman–Crippen MR) is 147 cm³/mol. The molecule has 0 saturated carbocycles. The van der Waals surface area contributed by atoms with Gasteiger partial charge in [0.2, 0.25) is 0 Å². The number of thiazole rings is 1. The van der Waals surface area contributed by atoms with Crippen LogP contribution in [0.4, 0.5) is 0 Å². The van der Waals surface area contributed by atoms with Crippen molar-refractivity contribution < 1.29 is 23.7 Å². The summed E-state index contributed by atoms with van der Waals surface area (Å²) in [5.41, 5.74) is 1.95. The van der Waals surface area contributed by atoms with Gasteiger partial charge in [0.05, 0.1) is 43.2 Å². The van der Waals surface area contributed by atoms with Crippen LogP contribution in [0, 0.1) is 5.92 Å². The zero-order valence-corrected chi connectivity index (χ0v) is 23.3. The van der Waals surface area contributed by atoms with Gasteiger partial charge in [-0.25, -0.2) is 9.79 Å². The first kappa shape index (κ1) is 27.2. The van der Waals surface area contributed by atoms with Gasteiger partial charge in [0.25, 0.3) is 5.56 Å². The number of para-hydroxylation sites is 1. The molecule has 8 nitrogen and oxygen atoms in total. The van der Waals surface area contributed by atoms with Gasteiger partial charge in [0.15, 0.2) is 16.3 Å². The maximum Gasteiger partial charge on any atom is 0.338 e. The Kier molecular flexibility index (Phi) is 8.36. The van der Waals surface area contributed by atoms with E-state index in [0.29, 0.717) is 44.6 Å². The Morgan fingerprint density at radius 3 is 2.50 bits per heavy atom. The number of carbonyl (C=O) groups excluding carboxylic acids is 1. The molecule has 0 saturated heterocycles. The van der Waals surface area contributed by atoms with E-state index in [2.05, 4.69) is 18.8 Å². The molecule has 1 aromatic heterocycles. The molecule has 0 fully saturated rings. The molecule has 2 aromatic carbocycles. The first-order chi connectivity index (χ1) is 18.3. The van der Waals surface area contributed by atoms with E-state index in [4.69, 9.17) is 18.9 Å². The van der Waals surface area contributed by atoms with Crippen LogP contribution in [0.15, 0.2) is 63.5 Å². The van der Waals surface area contributed by atoms with Crippen molar-refractivity contribution in [1.29, 1.82) is 0 Å². The van der Waals surface area contributed by atoms with Crippen LogP contribution >= 0.6 is 11.3 Å². The fourth-order valence-electron chi connectivity index (χ4n) is 4.29. The summed E-state index contributed by atoms with van der Waals surface area (Å²) in [6.45, 7) is 8.50. The second kappa shape index (κ2) is 11.7. The molecule has 1 aliphatic rings. The Morgan fingerprint density at radius 1 is 1.13 bits per heavy atom. The Morgan fingerprint density at radius 2 is 1.87 bits per heavy atom. The molecule has 0 aliphatic carbocycles. The summed E-state index contributed by atoms with van der Waals surface area (Å²) in [7, 11) is 3.07. The van der Waals surface area contributed by atoms with Crippen LogP contribution in [0.25, 0.3) is 6.08 Å². The van der Waals surface area contributed by atoms with Crippen LogP contribution in [0.2, 0.25) is 0 Å². The van der Waals surface area contributed by atoms with E-state index in [1.54, 1.807) is 33.1 Å². The molecule has 1 unspecified atom stereocenters. The molecule has 200 valence electrons. The van der Waals surface area contributed by atoms with Gasteiger partial charge < -0.3 is 18.9 Å². The van der Waals surface area contributed by atoms with E-state index >= 15 is 0 Å². The van der Waals surface area contributed by atoms with Crippen molar-refractivity contribution in [3.63, 3.8) is 0 Å². The number of allylic oxidation sites excluding steroid dienone is 1. The second-order valence-corrected chi connectivity index (χ2v) is 10.2. The number of aromatic nitrogens is 1. The molecular formula is C29H32N2O6S. The average molecular weight is 537 g/mol. The summed E-state index contributed by atoms with van der Waals surface area (Å²) in [5.74, 6) is 1.59. The lowest BCUT2D eigenvalue weighted by Gasteiger charge is -2.26. The number of benzene rings is 2. The summed E-state index contributed by atoms with van der Waals surface area (Å²) in [4.78, 5) is 32.1. The van der Waals surface area contributed by atoms with Crippen molar-refractivity contribution in [2.75, 3.05) is 27.4 Å². The molecule has 9 heteroatoms. The number of rotatable bonds is 9. The first-order valence-corrected chi connectivity index (χ1v) is 13.2. The number of esters is 1. The molecule has 0 N–H and O–H groups in total. The molecule has 0 amide bonds. The molecule has 0 radical (unpaired) electrons. The third-order valence-corrected chi connectivity index (χ3v) is 6.99. The lowest BCUT2D eigenvalue weighted by Crippen LogP contribution is -2.40. The Hall–Kier alpha value is -3.85. The fourth-order valence-corrected chi connectivity index (χ4v) is 5.33. The van der Waals surface area contributed by atoms with Crippen LogP contribution in [0.1, 0.15) is 44.9 Å². The zero-order valence-electron chi connectivity index (χ0n) is 22.4. The summed E-state index contributed by atoms with van der Waals surface area (Å²) in [6.07, 6.45) is 1.82. The van der Waals surface area contributed by atoms with Gasteiger partial charge in [-0.1, -0.05) is 49.4 Å². The van der Waals surface area contributed by atoms with Crippen LogP contribution < -0.4 is 29.1 Å². The molecule has 0 spiro atoms. The SMILES string of the molecule is CCOC(=O)C1=C(C)N=c2sc(=Cc3ccc(OCC(C)C)cc3)c(=O)n2C1c1cccc(OC)c1OC. The molecule has 2 heterocycles. The van der Waals surface area contributed by atoms with Crippen molar-refractivity contribution >= 4 is 23.4 Å². The summed E-state index contributed by atoms with van der Waals surface area (Å²) < 4.78 is 24.4. The number of ether oxygens (including phenoxy) is 4. The number of methoxy groups -OCH3 is 2. The van der Waals surface area contributed by atoms with Crippen molar-refractivity contribution in [3.05, 3.63) is 84.5 Å². The highest BCUT2D eigenvalue weighted by Crippen LogP contribution is 2.40. The largest absolute Gasteiger partial charge is 0.493 e. The van der Waals surface area contributed by atoms with Crippen molar-refractivity contribution in [2.45, 2.75) is 33.7 Å². The Balaban J connectivity index is 1.88. The summed E-state index contributed by atoms with van der Waals surface area (Å²) in [6, 6.07) is 12.2. The zero-order chi connectivity index (χ0) is 27.4. The first-order valence-electron chi connectivity index (χ1n) is 12.4. The van der Waals surface area contributed by atoms with Gasteiger partial charge in [0, 0.05) is 5.56 Å². The third-order valence-electron chi connectivity index (χ3n) is 6.01. The standard InChI is InChI=1S/C29H32N2O6S/c1-7-36-28(33)24-18(4)30-29-31(25(24)21-9-8-10-22(34-5)26(21)35-6)27(32)23(38-29)15-19-11-13-20(14-12-19)37-16-17(2)3/h8-15,17,25H,7,16H2,1-6H3. The van der Waals surface area contributed by atoms with Crippen molar-refractivity contribution in [1.82, 2.24) is 4.57 Å². The molecule has 1 aliphatic heterocycles.